The van der Waals surface area contributed by atoms with Gasteiger partial charge in [0.1, 0.15) is 24.4 Å². The number of likely N-dealkylation sites (tertiary alicyclic amines) is 1. The first kappa shape index (κ1) is 23.7. The predicted molar refractivity (Wildman–Crippen MR) is 104 cm³/mol. The van der Waals surface area contributed by atoms with Gasteiger partial charge in [-0.05, 0) is 32.7 Å². The molecule has 0 aromatic heterocycles. The Bertz CT molecular complexity index is 564. The molecule has 2 aliphatic rings. The fourth-order valence-electron chi connectivity index (χ4n) is 4.21. The number of likely N-dealkylation sites (N-methyl/N-ethyl adjacent to an activating group) is 1. The van der Waals surface area contributed by atoms with Crippen molar-refractivity contribution in [3.63, 3.8) is 0 Å². The second-order valence-corrected chi connectivity index (χ2v) is 9.52. The van der Waals surface area contributed by atoms with E-state index in [0.29, 0.717) is 12.3 Å². The van der Waals surface area contributed by atoms with Gasteiger partial charge in [-0.25, -0.2) is 0 Å². The minimum atomic E-state index is -1.64. The second-order valence-electron chi connectivity index (χ2n) is 8.06. The van der Waals surface area contributed by atoms with Crippen LogP contribution in [-0.2, 0) is 20.3 Å². The molecule has 1 amide bonds. The van der Waals surface area contributed by atoms with Gasteiger partial charge in [0.25, 0.3) is 0 Å². The lowest BCUT2D eigenvalue weighted by Crippen LogP contribution is -2.66. The van der Waals surface area contributed by atoms with E-state index in [2.05, 4.69) is 12.2 Å². The summed E-state index contributed by atoms with van der Waals surface area (Å²) in [5.41, 5.74) is -1.23. The number of hydrogen-bond donors (Lipinski definition) is 5. The summed E-state index contributed by atoms with van der Waals surface area (Å²) in [5.74, 6) is 0.133. The van der Waals surface area contributed by atoms with Crippen molar-refractivity contribution >= 4 is 16.7 Å². The van der Waals surface area contributed by atoms with E-state index in [1.165, 1.54) is 13.2 Å². The van der Waals surface area contributed by atoms with Crippen LogP contribution >= 0.6 is 0 Å². The largest absolute Gasteiger partial charge is 0.391 e. The quantitative estimate of drug-likeness (QED) is 0.322. The minimum Gasteiger partial charge on any atom is -0.391 e. The van der Waals surface area contributed by atoms with E-state index < -0.39 is 52.8 Å². The van der Waals surface area contributed by atoms with Crippen molar-refractivity contribution in [1.82, 2.24) is 10.2 Å². The topological polar surface area (TPSA) is 140 Å². The van der Waals surface area contributed by atoms with E-state index >= 15 is 0 Å². The Labute approximate surface area is 168 Å². The summed E-state index contributed by atoms with van der Waals surface area (Å²) < 4.78 is 17.4. The molecular formula is C18H34N2O7S. The van der Waals surface area contributed by atoms with E-state index in [9.17, 15) is 29.4 Å². The highest BCUT2D eigenvalue weighted by molar-refractivity contribution is 7.84. The third kappa shape index (κ3) is 5.10. The van der Waals surface area contributed by atoms with Gasteiger partial charge < -0.3 is 30.5 Å². The van der Waals surface area contributed by atoms with Crippen LogP contribution in [0.25, 0.3) is 0 Å². The standard InChI is InChI=1S/C18H34N2O7S/c1-5-6-10-7-11(20(3)8-10)17(25)19-12(9(2)21)16-14(23)13(22)15(24)18(27-16)28(4)26/h9-16,18,21-24H,5-8H2,1-4H3,(H,19,25)/t9-,10+,11-,12?,13+,14-,15-,16-,18+,28?/m1/s1. The minimum absolute atomic E-state index is 0.294. The molecule has 28 heavy (non-hydrogen) atoms. The van der Waals surface area contributed by atoms with Crippen LogP contribution in [0.4, 0.5) is 0 Å². The molecule has 0 spiro atoms. The van der Waals surface area contributed by atoms with Gasteiger partial charge in [0.15, 0.2) is 5.44 Å². The molecule has 0 aromatic rings. The summed E-state index contributed by atoms with van der Waals surface area (Å²) in [6, 6.07) is -1.39. The number of carbonyl (C=O) groups excluding carboxylic acids is 1. The maximum absolute atomic E-state index is 12.9. The van der Waals surface area contributed by atoms with Crippen LogP contribution in [0, 0.1) is 5.92 Å². The average molecular weight is 423 g/mol. The lowest BCUT2D eigenvalue weighted by atomic mass is 9.92. The first-order valence-corrected chi connectivity index (χ1v) is 11.4. The summed E-state index contributed by atoms with van der Waals surface area (Å²) in [6.45, 7) is 4.36. The van der Waals surface area contributed by atoms with Gasteiger partial charge in [-0.1, -0.05) is 13.3 Å². The van der Waals surface area contributed by atoms with Crippen LogP contribution in [0.2, 0.25) is 0 Å². The number of nitrogens with zero attached hydrogens (tertiary/aromatic N) is 1. The molecule has 2 unspecified atom stereocenters. The zero-order valence-electron chi connectivity index (χ0n) is 16.9. The van der Waals surface area contributed by atoms with Gasteiger partial charge in [-0.15, -0.1) is 0 Å². The SMILES string of the molecule is CCC[C@H]1C[C@H](C(=O)NC([C@H]2O[C@@H](S(C)=O)[C@H](O)[C@@H](O)[C@H]2O)[C@@H](C)O)N(C)C1. The molecule has 0 aromatic carbocycles. The lowest BCUT2D eigenvalue weighted by Gasteiger charge is -2.43. The van der Waals surface area contributed by atoms with Crippen LogP contribution in [0.1, 0.15) is 33.1 Å². The normalized spacial score (nSPS) is 40.1. The number of hydrogen-bond acceptors (Lipinski definition) is 8. The number of aliphatic hydroxyl groups excluding tert-OH is 4. The maximum Gasteiger partial charge on any atom is 0.237 e. The maximum atomic E-state index is 12.9. The Hall–Kier alpha value is -0.620. The molecule has 0 bridgehead atoms. The molecule has 0 radical (unpaired) electrons. The fourth-order valence-corrected chi connectivity index (χ4v) is 5.05. The van der Waals surface area contributed by atoms with Crippen molar-refractivity contribution in [2.45, 2.75) is 81.1 Å². The van der Waals surface area contributed by atoms with Gasteiger partial charge in [0.2, 0.25) is 5.91 Å². The number of ether oxygens (including phenoxy) is 1. The van der Waals surface area contributed by atoms with E-state index in [1.807, 2.05) is 11.9 Å². The molecule has 0 saturated carbocycles. The van der Waals surface area contributed by atoms with Crippen LogP contribution in [0.15, 0.2) is 0 Å². The summed E-state index contributed by atoms with van der Waals surface area (Å²) in [6.07, 6.45) is -2.90. The molecule has 0 aliphatic carbocycles. The van der Waals surface area contributed by atoms with Crippen molar-refractivity contribution in [3.8, 4) is 0 Å². The molecular weight excluding hydrogens is 388 g/mol. The third-order valence-electron chi connectivity index (χ3n) is 5.75. The Morgan fingerprint density at radius 1 is 1.29 bits per heavy atom. The summed E-state index contributed by atoms with van der Waals surface area (Å²) in [5, 5.41) is 43.4. The van der Waals surface area contributed by atoms with Crippen LogP contribution < -0.4 is 5.32 Å². The molecule has 10 heteroatoms. The monoisotopic (exact) mass is 422 g/mol. The number of rotatable bonds is 7. The molecule has 9 nitrogen and oxygen atoms in total. The average Bonchev–Trinajstić information content (AvgIpc) is 2.98. The fraction of sp³-hybridized carbons (Fsp3) is 0.944. The second kappa shape index (κ2) is 9.92. The van der Waals surface area contributed by atoms with Crippen molar-refractivity contribution in [2.24, 2.45) is 5.92 Å². The Kier molecular flexibility index (Phi) is 8.38. The summed E-state index contributed by atoms with van der Waals surface area (Å²) in [7, 11) is 0.233. The van der Waals surface area contributed by atoms with Gasteiger partial charge in [-0.2, -0.15) is 0 Å². The van der Waals surface area contributed by atoms with Crippen molar-refractivity contribution in [2.75, 3.05) is 19.8 Å². The first-order valence-electron chi connectivity index (χ1n) is 9.79. The molecule has 2 rings (SSSR count). The van der Waals surface area contributed by atoms with Crippen molar-refractivity contribution in [1.29, 1.82) is 0 Å². The molecule has 10 atom stereocenters. The lowest BCUT2D eigenvalue weighted by molar-refractivity contribution is -0.212. The number of aliphatic hydroxyl groups is 4. The highest BCUT2D eigenvalue weighted by atomic mass is 32.2. The third-order valence-corrected chi connectivity index (χ3v) is 6.79. The van der Waals surface area contributed by atoms with Crippen LogP contribution in [-0.4, -0.2) is 103 Å². The Morgan fingerprint density at radius 2 is 1.93 bits per heavy atom. The van der Waals surface area contributed by atoms with E-state index in [-0.39, 0.29) is 11.9 Å². The Morgan fingerprint density at radius 3 is 2.46 bits per heavy atom. The zero-order valence-corrected chi connectivity index (χ0v) is 17.7. The number of nitrogens with one attached hydrogen (secondary N) is 1. The number of carbonyl (C=O) groups is 1. The Balaban J connectivity index is 2.14. The van der Waals surface area contributed by atoms with Crippen LogP contribution in [0.5, 0.6) is 0 Å². The smallest absolute Gasteiger partial charge is 0.237 e. The molecule has 2 saturated heterocycles. The van der Waals surface area contributed by atoms with E-state index in [1.54, 1.807) is 0 Å². The number of amides is 1. The zero-order chi connectivity index (χ0) is 21.2. The van der Waals surface area contributed by atoms with E-state index in [0.717, 1.165) is 19.4 Å². The highest BCUT2D eigenvalue weighted by Gasteiger charge is 2.49. The molecule has 2 aliphatic heterocycles. The first-order chi connectivity index (χ1) is 13.1. The molecule has 164 valence electrons. The van der Waals surface area contributed by atoms with Gasteiger partial charge >= 0.3 is 0 Å². The molecule has 5 N–H and O–H groups in total. The molecule has 2 heterocycles. The predicted octanol–water partition coefficient (Wildman–Crippen LogP) is -1.84. The van der Waals surface area contributed by atoms with Gasteiger partial charge in [0, 0.05) is 12.8 Å². The van der Waals surface area contributed by atoms with Crippen molar-refractivity contribution < 1.29 is 34.2 Å². The van der Waals surface area contributed by atoms with Gasteiger partial charge in [-0.3, -0.25) is 13.9 Å². The summed E-state index contributed by atoms with van der Waals surface area (Å²) >= 11 is 0. The van der Waals surface area contributed by atoms with Gasteiger partial charge in [0.05, 0.1) is 29.0 Å². The molecule has 2 fully saturated rings. The highest BCUT2D eigenvalue weighted by Crippen LogP contribution is 2.28. The summed E-state index contributed by atoms with van der Waals surface area (Å²) in [4.78, 5) is 14.8. The van der Waals surface area contributed by atoms with Crippen molar-refractivity contribution in [3.05, 3.63) is 0 Å². The van der Waals surface area contributed by atoms with E-state index in [4.69, 9.17) is 4.74 Å². The van der Waals surface area contributed by atoms with Crippen LogP contribution in [0.3, 0.4) is 0 Å².